The first-order chi connectivity index (χ1) is 7.47. The van der Waals surface area contributed by atoms with Gasteiger partial charge >= 0.3 is 0 Å². The predicted molar refractivity (Wildman–Crippen MR) is 68.8 cm³/mol. The first-order valence-electron chi connectivity index (χ1n) is 5.88. The summed E-state index contributed by atoms with van der Waals surface area (Å²) in [6.45, 7) is 8.82. The standard InChI is InChI=1S/C15H21N/c1-12(9-11-16)7-8-14-13(2)6-5-10-15(14,3)4/h6-9,14H,5,10H2,1-4H3/b8-7?,12-9+. The highest BCUT2D eigenvalue weighted by Gasteiger charge is 2.30. The maximum Gasteiger partial charge on any atom is 0.0914 e. The smallest absolute Gasteiger partial charge is 0.0914 e. The molecule has 1 unspecified atom stereocenters. The first-order valence-corrected chi connectivity index (χ1v) is 5.88. The second-order valence-electron chi connectivity index (χ2n) is 5.33. The van der Waals surface area contributed by atoms with Gasteiger partial charge in [0, 0.05) is 12.0 Å². The summed E-state index contributed by atoms with van der Waals surface area (Å²) in [7, 11) is 0. The Hall–Kier alpha value is -1.29. The summed E-state index contributed by atoms with van der Waals surface area (Å²) in [6, 6.07) is 2.06. The largest absolute Gasteiger partial charge is 0.193 e. The number of allylic oxidation sites excluding steroid dienone is 6. The zero-order chi connectivity index (χ0) is 12.2. The quantitative estimate of drug-likeness (QED) is 0.380. The Labute approximate surface area is 99.2 Å². The third-order valence-electron chi connectivity index (χ3n) is 3.43. The summed E-state index contributed by atoms with van der Waals surface area (Å²) >= 11 is 0. The minimum atomic E-state index is 0.336. The predicted octanol–water partition coefficient (Wildman–Crippen LogP) is 4.39. The van der Waals surface area contributed by atoms with Crippen LogP contribution in [0.5, 0.6) is 0 Å². The van der Waals surface area contributed by atoms with E-state index in [1.807, 2.05) is 6.92 Å². The van der Waals surface area contributed by atoms with Gasteiger partial charge in [0.2, 0.25) is 0 Å². The van der Waals surface area contributed by atoms with Gasteiger partial charge in [-0.15, -0.1) is 0 Å². The molecule has 1 nitrogen and oxygen atoms in total. The summed E-state index contributed by atoms with van der Waals surface area (Å²) in [6.07, 6.45) is 10.7. The van der Waals surface area contributed by atoms with Gasteiger partial charge in [-0.2, -0.15) is 5.26 Å². The highest BCUT2D eigenvalue weighted by Crippen LogP contribution is 2.41. The van der Waals surface area contributed by atoms with Crippen LogP contribution < -0.4 is 0 Å². The van der Waals surface area contributed by atoms with Gasteiger partial charge in [0.1, 0.15) is 0 Å². The van der Waals surface area contributed by atoms with E-state index in [1.54, 1.807) is 6.08 Å². The van der Waals surface area contributed by atoms with Crippen molar-refractivity contribution in [2.45, 2.75) is 40.5 Å². The van der Waals surface area contributed by atoms with Crippen molar-refractivity contribution < 1.29 is 0 Å². The van der Waals surface area contributed by atoms with E-state index in [4.69, 9.17) is 5.26 Å². The van der Waals surface area contributed by atoms with Crippen molar-refractivity contribution in [1.82, 2.24) is 0 Å². The summed E-state index contributed by atoms with van der Waals surface area (Å²) in [5.41, 5.74) is 2.82. The van der Waals surface area contributed by atoms with E-state index in [2.05, 4.69) is 45.1 Å². The lowest BCUT2D eigenvalue weighted by molar-refractivity contribution is 0.255. The van der Waals surface area contributed by atoms with E-state index in [0.717, 1.165) is 5.57 Å². The lowest BCUT2D eigenvalue weighted by Gasteiger charge is -2.36. The fourth-order valence-corrected chi connectivity index (χ4v) is 2.38. The van der Waals surface area contributed by atoms with Gasteiger partial charge in [-0.05, 0) is 37.7 Å². The molecule has 0 spiro atoms. The molecule has 0 heterocycles. The van der Waals surface area contributed by atoms with Gasteiger partial charge < -0.3 is 0 Å². The van der Waals surface area contributed by atoms with Crippen LogP contribution in [0.15, 0.2) is 35.5 Å². The minimum absolute atomic E-state index is 0.336. The van der Waals surface area contributed by atoms with Crippen LogP contribution in [-0.4, -0.2) is 0 Å². The molecule has 86 valence electrons. The highest BCUT2D eigenvalue weighted by atomic mass is 14.3. The van der Waals surface area contributed by atoms with Crippen molar-refractivity contribution in [2.75, 3.05) is 0 Å². The van der Waals surface area contributed by atoms with Crippen LogP contribution in [0, 0.1) is 22.7 Å². The van der Waals surface area contributed by atoms with Gasteiger partial charge in [-0.3, -0.25) is 0 Å². The third-order valence-corrected chi connectivity index (χ3v) is 3.43. The molecule has 0 aromatic heterocycles. The third kappa shape index (κ3) is 3.10. The van der Waals surface area contributed by atoms with Gasteiger partial charge in [-0.25, -0.2) is 0 Å². The average molecular weight is 215 g/mol. The monoisotopic (exact) mass is 215 g/mol. The van der Waals surface area contributed by atoms with Crippen LogP contribution in [0.1, 0.15) is 40.5 Å². The molecular formula is C15H21N. The first kappa shape index (κ1) is 12.8. The van der Waals surface area contributed by atoms with Gasteiger partial charge in [0.15, 0.2) is 0 Å². The van der Waals surface area contributed by atoms with Crippen LogP contribution in [0.3, 0.4) is 0 Å². The Kier molecular flexibility index (Phi) is 4.12. The number of rotatable bonds is 2. The van der Waals surface area contributed by atoms with Gasteiger partial charge in [-0.1, -0.05) is 37.6 Å². The van der Waals surface area contributed by atoms with E-state index in [-0.39, 0.29) is 0 Å². The second-order valence-corrected chi connectivity index (χ2v) is 5.33. The molecule has 1 aliphatic carbocycles. The molecule has 0 fully saturated rings. The molecule has 0 aliphatic heterocycles. The van der Waals surface area contributed by atoms with Crippen LogP contribution in [0.2, 0.25) is 0 Å². The molecule has 0 bridgehead atoms. The maximum atomic E-state index is 8.56. The minimum Gasteiger partial charge on any atom is -0.193 e. The Bertz CT molecular complexity index is 375. The van der Waals surface area contributed by atoms with Crippen molar-refractivity contribution >= 4 is 0 Å². The Balaban J connectivity index is 2.86. The fraction of sp³-hybridized carbons (Fsp3) is 0.533. The Morgan fingerprint density at radius 2 is 2.25 bits per heavy atom. The Morgan fingerprint density at radius 3 is 2.81 bits per heavy atom. The maximum absolute atomic E-state index is 8.56. The molecule has 0 saturated carbocycles. The zero-order valence-electron chi connectivity index (χ0n) is 10.7. The summed E-state index contributed by atoms with van der Waals surface area (Å²) in [4.78, 5) is 0. The van der Waals surface area contributed by atoms with Crippen molar-refractivity contribution in [2.24, 2.45) is 11.3 Å². The van der Waals surface area contributed by atoms with E-state index >= 15 is 0 Å². The van der Waals surface area contributed by atoms with Crippen molar-refractivity contribution in [3.8, 4) is 6.07 Å². The van der Waals surface area contributed by atoms with Crippen LogP contribution >= 0.6 is 0 Å². The van der Waals surface area contributed by atoms with E-state index < -0.39 is 0 Å². The molecular weight excluding hydrogens is 194 g/mol. The molecule has 1 aliphatic rings. The normalized spacial score (nSPS) is 25.3. The number of hydrogen-bond acceptors (Lipinski definition) is 1. The van der Waals surface area contributed by atoms with Crippen LogP contribution in [0.25, 0.3) is 0 Å². The molecule has 0 N–H and O–H groups in total. The number of nitriles is 1. The van der Waals surface area contributed by atoms with E-state index in [9.17, 15) is 0 Å². The highest BCUT2D eigenvalue weighted by molar-refractivity contribution is 5.27. The van der Waals surface area contributed by atoms with Crippen LogP contribution in [0.4, 0.5) is 0 Å². The molecule has 0 aromatic carbocycles. The fourth-order valence-electron chi connectivity index (χ4n) is 2.38. The summed E-state index contributed by atoms with van der Waals surface area (Å²) in [5.74, 6) is 0.503. The molecule has 16 heavy (non-hydrogen) atoms. The molecule has 1 rings (SSSR count). The van der Waals surface area contributed by atoms with Crippen molar-refractivity contribution in [1.29, 1.82) is 5.26 Å². The lowest BCUT2D eigenvalue weighted by Crippen LogP contribution is -2.26. The molecule has 1 atom stereocenters. The lowest BCUT2D eigenvalue weighted by atomic mass is 9.68. The van der Waals surface area contributed by atoms with Crippen molar-refractivity contribution in [3.05, 3.63) is 35.5 Å². The van der Waals surface area contributed by atoms with E-state index in [0.29, 0.717) is 11.3 Å². The average Bonchev–Trinajstić information content (AvgIpc) is 2.16. The van der Waals surface area contributed by atoms with Gasteiger partial charge in [0.05, 0.1) is 6.07 Å². The number of hydrogen-bond donors (Lipinski definition) is 0. The summed E-state index contributed by atoms with van der Waals surface area (Å²) in [5, 5.41) is 8.56. The number of nitrogens with zero attached hydrogens (tertiary/aromatic N) is 1. The summed E-state index contributed by atoms with van der Waals surface area (Å²) < 4.78 is 0. The molecule has 0 aromatic rings. The topological polar surface area (TPSA) is 23.8 Å². The van der Waals surface area contributed by atoms with Crippen LogP contribution in [-0.2, 0) is 0 Å². The SMILES string of the molecule is CC1=CCCC(C)(C)C1C=C/C(C)=C/C#N. The Morgan fingerprint density at radius 1 is 1.56 bits per heavy atom. The van der Waals surface area contributed by atoms with Crippen molar-refractivity contribution in [3.63, 3.8) is 0 Å². The molecule has 1 heteroatoms. The molecule has 0 saturated heterocycles. The second kappa shape index (κ2) is 5.16. The molecule has 0 radical (unpaired) electrons. The molecule has 0 amide bonds. The zero-order valence-corrected chi connectivity index (χ0v) is 10.7. The van der Waals surface area contributed by atoms with E-state index in [1.165, 1.54) is 18.4 Å². The van der Waals surface area contributed by atoms with Gasteiger partial charge in [0.25, 0.3) is 0 Å².